The van der Waals surface area contributed by atoms with Crippen LogP contribution in [0.15, 0.2) is 47.6 Å². The number of aliphatic hydroxyl groups is 3. The molecule has 1 fully saturated rings. The van der Waals surface area contributed by atoms with Crippen molar-refractivity contribution < 1.29 is 70.2 Å². The maximum Gasteiger partial charge on any atom is 0.326 e. The van der Waals surface area contributed by atoms with E-state index in [4.69, 9.17) is 29.5 Å². The second-order valence-corrected chi connectivity index (χ2v) is 17.3. The minimum atomic E-state index is -1.09. The molecule has 1 heterocycles. The highest BCUT2D eigenvalue weighted by atomic mass is 16.5. The van der Waals surface area contributed by atoms with Crippen LogP contribution >= 0.6 is 0 Å². The lowest BCUT2D eigenvalue weighted by Gasteiger charge is -2.33. The Hall–Kier alpha value is -3.12. The van der Waals surface area contributed by atoms with E-state index in [1.807, 2.05) is 45.1 Å². The lowest BCUT2D eigenvalue weighted by Crippen LogP contribution is -2.52. The fourth-order valence-corrected chi connectivity index (χ4v) is 8.09. The lowest BCUT2D eigenvalue weighted by atomic mass is 9.80. The standard InChI is InChI=1S/C49H83NO9.2CH4O.3H2O/c1-11-42(23-20-29-58-30-28-51)33-40(8)39(7)32-36(4)31-35(3)25-26-45(52)37(5)21-16-14-13-15-17-22-38(6)46(57-10)34-43(12-2)59-41(9)47(53)48(54)50-27-19-18-24-44(50)49(55)56;2*1-2;;;/h13-15,17,22,31,36-37,39-44,46,51H,11-12,16,18-21,23-30,32-34H2,1-10H3,(H,55,56);2*2H,1H3;3*1H2/b14-13+,17-15+,35-31+,38-22+;;;;;/t36-,37+,39?,40+,41?,42?,43?,44?,46?;;;;;/m1...../s1. The van der Waals surface area contributed by atoms with E-state index in [1.165, 1.54) is 29.7 Å². The van der Waals surface area contributed by atoms with Crippen molar-refractivity contribution in [1.82, 2.24) is 4.90 Å². The van der Waals surface area contributed by atoms with Gasteiger partial charge in [-0.15, -0.1) is 0 Å². The van der Waals surface area contributed by atoms with Crippen LogP contribution in [0.1, 0.15) is 152 Å². The Bertz CT molecular complexity index is 1370. The fraction of sp³-hybridized carbons (Fsp3) is 0.765. The van der Waals surface area contributed by atoms with E-state index in [9.17, 15) is 24.3 Å². The number of carbonyl (C=O) groups is 4. The average Bonchev–Trinajstić information content (AvgIpc) is 3.28. The first-order valence-corrected chi connectivity index (χ1v) is 23.6. The Kier molecular flexibility index (Phi) is 48.3. The Balaban J connectivity index is -0.00000172. The molecule has 1 rings (SSSR count). The zero-order chi connectivity index (χ0) is 48.3. The van der Waals surface area contributed by atoms with Crippen molar-refractivity contribution in [3.63, 3.8) is 0 Å². The molecule has 66 heavy (non-hydrogen) atoms. The molecule has 0 aromatic carbocycles. The van der Waals surface area contributed by atoms with E-state index in [2.05, 4.69) is 46.8 Å². The zero-order valence-electron chi connectivity index (χ0n) is 43.0. The Morgan fingerprint density at radius 3 is 2.02 bits per heavy atom. The molecule has 390 valence electrons. The van der Waals surface area contributed by atoms with Crippen LogP contribution in [0, 0.1) is 29.6 Å². The third-order valence-corrected chi connectivity index (χ3v) is 12.3. The van der Waals surface area contributed by atoms with Crippen molar-refractivity contribution in [2.75, 3.05) is 47.7 Å². The van der Waals surface area contributed by atoms with E-state index in [0.29, 0.717) is 74.6 Å². The molecule has 0 aliphatic carbocycles. The normalized spacial score (nSPS) is 17.7. The summed E-state index contributed by atoms with van der Waals surface area (Å²) in [6, 6.07) is -0.974. The van der Waals surface area contributed by atoms with Crippen molar-refractivity contribution in [3.8, 4) is 0 Å². The molecule has 0 bridgehead atoms. The van der Waals surface area contributed by atoms with Crippen molar-refractivity contribution in [1.29, 1.82) is 0 Å². The van der Waals surface area contributed by atoms with Crippen molar-refractivity contribution in [2.24, 2.45) is 29.6 Å². The molecule has 0 radical (unpaired) electrons. The summed E-state index contributed by atoms with van der Waals surface area (Å²) >= 11 is 0. The minimum Gasteiger partial charge on any atom is -0.480 e. The lowest BCUT2D eigenvalue weighted by molar-refractivity contribution is -0.160. The molecule has 1 amide bonds. The number of piperidine rings is 1. The number of allylic oxidation sites excluding steroid dienone is 7. The minimum absolute atomic E-state index is 0. The van der Waals surface area contributed by atoms with Gasteiger partial charge in [-0.3, -0.25) is 14.4 Å². The molecule has 0 aromatic heterocycles. The third kappa shape index (κ3) is 31.0. The number of likely N-dealkylation sites (tertiary alicyclic amines) is 1. The van der Waals surface area contributed by atoms with Gasteiger partial charge >= 0.3 is 5.97 Å². The molecule has 10 N–H and O–H groups in total. The number of hydrogen-bond donors (Lipinski definition) is 4. The van der Waals surface area contributed by atoms with Gasteiger partial charge in [-0.25, -0.2) is 4.79 Å². The monoisotopic (exact) mass is 948 g/mol. The fourth-order valence-electron chi connectivity index (χ4n) is 8.09. The number of Topliss-reactive ketones (excluding diaryl/α,β-unsaturated/α-hetero) is 2. The predicted octanol–water partition coefficient (Wildman–Crippen LogP) is 6.63. The van der Waals surface area contributed by atoms with Gasteiger partial charge in [-0.2, -0.15) is 0 Å². The van der Waals surface area contributed by atoms with Crippen molar-refractivity contribution >= 4 is 23.4 Å². The van der Waals surface area contributed by atoms with Gasteiger partial charge in [0.25, 0.3) is 5.91 Å². The molecular formula is C51H97NO14. The van der Waals surface area contributed by atoms with Crippen LogP contribution in [0.4, 0.5) is 0 Å². The number of ketones is 2. The summed E-state index contributed by atoms with van der Waals surface area (Å²) in [6.07, 6.45) is 22.5. The van der Waals surface area contributed by atoms with E-state index >= 15 is 0 Å². The molecule has 0 saturated carbocycles. The van der Waals surface area contributed by atoms with Crippen LogP contribution in [0.5, 0.6) is 0 Å². The molecule has 1 aliphatic heterocycles. The SMILES string of the molecule is CCC(CCCOCCO)C[C@H](C)C(C)C[C@H](C)/C=C(\C)CCC(=O)[C@@H](C)CC/C=C/C=C/C=C(\C)C(CC(CC)OC(C)C(=O)C(=O)N1CCCCC1C(=O)O)OC.CO.CO.O.O.O. The highest BCUT2D eigenvalue weighted by molar-refractivity contribution is 6.38. The quantitative estimate of drug-likeness (QED) is 0.0240. The molecule has 1 saturated heterocycles. The van der Waals surface area contributed by atoms with Gasteiger partial charge in [-0.05, 0) is 121 Å². The molecule has 15 nitrogen and oxygen atoms in total. The Morgan fingerprint density at radius 1 is 0.803 bits per heavy atom. The molecule has 9 atom stereocenters. The number of hydrogen-bond acceptors (Lipinski definition) is 10. The van der Waals surface area contributed by atoms with E-state index in [-0.39, 0.29) is 47.7 Å². The van der Waals surface area contributed by atoms with Gasteiger partial charge in [0, 0.05) is 53.2 Å². The smallest absolute Gasteiger partial charge is 0.326 e. The van der Waals surface area contributed by atoms with Gasteiger partial charge in [0.2, 0.25) is 5.78 Å². The highest BCUT2D eigenvalue weighted by Crippen LogP contribution is 2.30. The molecule has 0 spiro atoms. The first-order valence-electron chi connectivity index (χ1n) is 23.6. The number of aliphatic carboxylic acids is 1. The number of nitrogens with zero attached hydrogens (tertiary/aromatic N) is 1. The van der Waals surface area contributed by atoms with Crippen LogP contribution in [-0.4, -0.2) is 137 Å². The topological polar surface area (TPSA) is 275 Å². The first-order chi connectivity index (χ1) is 30.1. The van der Waals surface area contributed by atoms with Crippen LogP contribution in [0.3, 0.4) is 0 Å². The van der Waals surface area contributed by atoms with Gasteiger partial charge < -0.3 is 56.0 Å². The second kappa shape index (κ2) is 44.4. The summed E-state index contributed by atoms with van der Waals surface area (Å²) in [6.45, 7) is 20.5. The maximum absolute atomic E-state index is 13.0. The van der Waals surface area contributed by atoms with Gasteiger partial charge in [0.05, 0.1) is 25.4 Å². The van der Waals surface area contributed by atoms with Crippen molar-refractivity contribution in [3.05, 3.63) is 47.6 Å². The summed E-state index contributed by atoms with van der Waals surface area (Å²) in [4.78, 5) is 51.7. The first kappa shape index (κ1) is 71.9. The third-order valence-electron chi connectivity index (χ3n) is 12.3. The number of carboxylic acids is 1. The largest absolute Gasteiger partial charge is 0.480 e. The number of carboxylic acid groups (broad SMARTS) is 1. The molecular weight excluding hydrogens is 851 g/mol. The summed E-state index contributed by atoms with van der Waals surface area (Å²) in [5.41, 5.74) is 2.29. The van der Waals surface area contributed by atoms with E-state index in [0.717, 1.165) is 58.5 Å². The van der Waals surface area contributed by atoms with Gasteiger partial charge in [0.1, 0.15) is 17.9 Å². The number of methoxy groups -OCH3 is 1. The number of aliphatic hydroxyl groups excluding tert-OH is 3. The Labute approximate surface area is 399 Å². The van der Waals surface area contributed by atoms with E-state index in [1.54, 1.807) is 14.0 Å². The molecule has 0 aromatic rings. The highest BCUT2D eigenvalue weighted by Gasteiger charge is 2.37. The molecule has 1 aliphatic rings. The number of carbonyl (C=O) groups excluding carboxylic acids is 3. The zero-order valence-corrected chi connectivity index (χ0v) is 43.0. The average molecular weight is 948 g/mol. The predicted molar refractivity (Wildman–Crippen MR) is 265 cm³/mol. The summed E-state index contributed by atoms with van der Waals surface area (Å²) in [7, 11) is 3.63. The second-order valence-electron chi connectivity index (χ2n) is 17.3. The van der Waals surface area contributed by atoms with Crippen LogP contribution in [-0.2, 0) is 33.4 Å². The van der Waals surface area contributed by atoms with Crippen LogP contribution in [0.2, 0.25) is 0 Å². The maximum atomic E-state index is 13.0. The number of amides is 1. The summed E-state index contributed by atoms with van der Waals surface area (Å²) in [5.74, 6) is 0.228. The Morgan fingerprint density at radius 2 is 1.44 bits per heavy atom. The molecule has 15 heteroatoms. The number of ether oxygens (including phenoxy) is 3. The summed E-state index contributed by atoms with van der Waals surface area (Å²) in [5, 5.41) is 32.4. The van der Waals surface area contributed by atoms with Crippen LogP contribution in [0.25, 0.3) is 0 Å². The van der Waals surface area contributed by atoms with Crippen LogP contribution < -0.4 is 0 Å². The number of rotatable bonds is 32. The summed E-state index contributed by atoms with van der Waals surface area (Å²) < 4.78 is 17.2. The molecule has 6 unspecified atom stereocenters. The van der Waals surface area contributed by atoms with Crippen molar-refractivity contribution in [2.45, 2.75) is 177 Å². The van der Waals surface area contributed by atoms with Gasteiger partial charge in [0.15, 0.2) is 0 Å². The van der Waals surface area contributed by atoms with Gasteiger partial charge in [-0.1, -0.05) is 90.0 Å². The van der Waals surface area contributed by atoms with E-state index < -0.39 is 29.8 Å².